The Kier molecular flexibility index (Phi) is 4.96. The largest absolute Gasteiger partial charge is 0.384 e. The predicted octanol–water partition coefficient (Wildman–Crippen LogP) is 3.94. The lowest BCUT2D eigenvalue weighted by Gasteiger charge is -2.09. The second kappa shape index (κ2) is 6.72. The highest BCUT2D eigenvalue weighted by Gasteiger charge is 2.10. The predicted molar refractivity (Wildman–Crippen MR) is 89.5 cm³/mol. The Bertz CT molecular complexity index is 671. The van der Waals surface area contributed by atoms with Crippen LogP contribution in [0.3, 0.4) is 0 Å². The molecule has 0 spiro atoms. The fraction of sp³-hybridized carbons (Fsp3) is 0.250. The van der Waals surface area contributed by atoms with Gasteiger partial charge in [-0.2, -0.15) is 0 Å². The molecule has 0 aliphatic rings. The van der Waals surface area contributed by atoms with Gasteiger partial charge >= 0.3 is 0 Å². The molecule has 1 aromatic carbocycles. The smallest absolute Gasteiger partial charge is 0.255 e. The van der Waals surface area contributed by atoms with Crippen molar-refractivity contribution in [1.82, 2.24) is 4.98 Å². The van der Waals surface area contributed by atoms with Crippen LogP contribution in [0.25, 0.3) is 0 Å². The Morgan fingerprint density at radius 2 is 2.10 bits per heavy atom. The number of anilines is 2. The summed E-state index contributed by atoms with van der Waals surface area (Å²) in [6.45, 7) is 4.04. The summed E-state index contributed by atoms with van der Waals surface area (Å²) in [5, 5.41) is 2.88. The summed E-state index contributed by atoms with van der Waals surface area (Å²) in [6, 6.07) is 9.07. The van der Waals surface area contributed by atoms with E-state index in [4.69, 9.17) is 5.73 Å². The lowest BCUT2D eigenvalue weighted by atomic mass is 10.1. The van der Waals surface area contributed by atoms with Gasteiger partial charge in [0.2, 0.25) is 0 Å². The molecule has 0 radical (unpaired) electrons. The summed E-state index contributed by atoms with van der Waals surface area (Å²) < 4.78 is 1.01. The Labute approximate surface area is 132 Å². The fourth-order valence-electron chi connectivity index (χ4n) is 2.05. The molecule has 1 aromatic heterocycles. The van der Waals surface area contributed by atoms with Gasteiger partial charge in [-0.3, -0.25) is 4.79 Å². The summed E-state index contributed by atoms with van der Waals surface area (Å²) in [7, 11) is 0. The van der Waals surface area contributed by atoms with Gasteiger partial charge in [0.25, 0.3) is 5.91 Å². The standard InChI is InChI=1S/C16H18BrN3O/c1-3-4-12-8-11(9-15(18)19-12)16(21)20-13-5-6-14(17)10(2)7-13/h5-9H,3-4H2,1-2H3,(H2,18,19)(H,20,21). The second-order valence-corrected chi connectivity index (χ2v) is 5.79. The van der Waals surface area contributed by atoms with Gasteiger partial charge in [0.1, 0.15) is 5.82 Å². The van der Waals surface area contributed by atoms with E-state index in [2.05, 4.69) is 33.2 Å². The van der Waals surface area contributed by atoms with Gasteiger partial charge < -0.3 is 11.1 Å². The van der Waals surface area contributed by atoms with Gasteiger partial charge in [-0.05, 0) is 49.2 Å². The molecule has 0 saturated carbocycles. The molecular formula is C16H18BrN3O. The number of aromatic nitrogens is 1. The number of nitrogens with zero attached hydrogens (tertiary/aromatic N) is 1. The first-order valence-corrected chi connectivity index (χ1v) is 7.63. The molecule has 0 atom stereocenters. The van der Waals surface area contributed by atoms with E-state index in [1.54, 1.807) is 12.1 Å². The van der Waals surface area contributed by atoms with Crippen molar-refractivity contribution in [3.8, 4) is 0 Å². The molecule has 1 heterocycles. The summed E-state index contributed by atoms with van der Waals surface area (Å²) in [5.74, 6) is 0.196. The highest BCUT2D eigenvalue weighted by molar-refractivity contribution is 9.10. The van der Waals surface area contributed by atoms with Crippen molar-refractivity contribution in [3.63, 3.8) is 0 Å². The van der Waals surface area contributed by atoms with Gasteiger partial charge in [0, 0.05) is 21.4 Å². The number of halogens is 1. The normalized spacial score (nSPS) is 10.4. The van der Waals surface area contributed by atoms with Crippen LogP contribution in [0.4, 0.5) is 11.5 Å². The third-order valence-electron chi connectivity index (χ3n) is 3.08. The fourth-order valence-corrected chi connectivity index (χ4v) is 2.30. The van der Waals surface area contributed by atoms with E-state index in [-0.39, 0.29) is 5.91 Å². The molecule has 2 rings (SSSR count). The molecule has 1 amide bonds. The van der Waals surface area contributed by atoms with Gasteiger partial charge in [0.15, 0.2) is 0 Å². The molecule has 0 fully saturated rings. The summed E-state index contributed by atoms with van der Waals surface area (Å²) in [5.41, 5.74) is 8.96. The lowest BCUT2D eigenvalue weighted by Crippen LogP contribution is -2.13. The SMILES string of the molecule is CCCc1cc(C(=O)Nc2ccc(Br)c(C)c2)cc(N)n1. The number of nitrogen functional groups attached to an aromatic ring is 1. The Morgan fingerprint density at radius 1 is 1.33 bits per heavy atom. The molecule has 0 aliphatic heterocycles. The minimum absolute atomic E-state index is 0.178. The molecule has 21 heavy (non-hydrogen) atoms. The molecule has 4 nitrogen and oxygen atoms in total. The van der Waals surface area contributed by atoms with Crippen LogP contribution in [0, 0.1) is 6.92 Å². The summed E-state index contributed by atoms with van der Waals surface area (Å²) in [4.78, 5) is 16.5. The average molecular weight is 348 g/mol. The van der Waals surface area contributed by atoms with E-state index < -0.39 is 0 Å². The molecule has 0 saturated heterocycles. The number of hydrogen-bond donors (Lipinski definition) is 2. The first-order valence-electron chi connectivity index (χ1n) is 6.83. The van der Waals surface area contributed by atoms with E-state index in [9.17, 15) is 4.79 Å². The van der Waals surface area contributed by atoms with Crippen molar-refractivity contribution in [2.75, 3.05) is 11.1 Å². The monoisotopic (exact) mass is 347 g/mol. The van der Waals surface area contributed by atoms with Gasteiger partial charge in [-0.25, -0.2) is 4.98 Å². The molecule has 0 bridgehead atoms. The minimum atomic E-state index is -0.178. The Hall–Kier alpha value is -1.88. The number of benzene rings is 1. The molecule has 0 aliphatic carbocycles. The van der Waals surface area contributed by atoms with E-state index in [0.29, 0.717) is 11.4 Å². The molecule has 110 valence electrons. The zero-order valence-corrected chi connectivity index (χ0v) is 13.7. The van der Waals surface area contributed by atoms with E-state index in [1.165, 1.54) is 0 Å². The third-order valence-corrected chi connectivity index (χ3v) is 3.97. The maximum atomic E-state index is 12.3. The van der Waals surface area contributed by atoms with Crippen LogP contribution < -0.4 is 11.1 Å². The Morgan fingerprint density at radius 3 is 2.76 bits per heavy atom. The van der Waals surface area contributed by atoms with Crippen molar-refractivity contribution < 1.29 is 4.79 Å². The third kappa shape index (κ3) is 4.04. The topological polar surface area (TPSA) is 68.0 Å². The first-order chi connectivity index (χ1) is 9.99. The number of nitrogens with two attached hydrogens (primary N) is 1. The quantitative estimate of drug-likeness (QED) is 0.879. The van der Waals surface area contributed by atoms with Crippen molar-refractivity contribution in [1.29, 1.82) is 0 Å². The van der Waals surface area contributed by atoms with Crippen molar-refractivity contribution in [2.24, 2.45) is 0 Å². The zero-order chi connectivity index (χ0) is 15.4. The maximum Gasteiger partial charge on any atom is 0.255 e. The van der Waals surface area contributed by atoms with Crippen LogP contribution in [0.2, 0.25) is 0 Å². The number of pyridine rings is 1. The van der Waals surface area contributed by atoms with E-state index >= 15 is 0 Å². The van der Waals surface area contributed by atoms with E-state index in [1.807, 2.05) is 25.1 Å². The number of amides is 1. The average Bonchev–Trinajstić information content (AvgIpc) is 2.42. The zero-order valence-electron chi connectivity index (χ0n) is 12.1. The van der Waals surface area contributed by atoms with Crippen molar-refractivity contribution in [3.05, 3.63) is 51.6 Å². The second-order valence-electron chi connectivity index (χ2n) is 4.94. The minimum Gasteiger partial charge on any atom is -0.384 e. The van der Waals surface area contributed by atoms with Gasteiger partial charge in [-0.15, -0.1) is 0 Å². The molecule has 0 unspecified atom stereocenters. The maximum absolute atomic E-state index is 12.3. The number of aryl methyl sites for hydroxylation is 2. The summed E-state index contributed by atoms with van der Waals surface area (Å²) in [6.07, 6.45) is 1.77. The number of carbonyl (C=O) groups excluding carboxylic acids is 1. The molecule has 5 heteroatoms. The number of hydrogen-bond acceptors (Lipinski definition) is 3. The van der Waals surface area contributed by atoms with Crippen LogP contribution in [0.5, 0.6) is 0 Å². The highest BCUT2D eigenvalue weighted by atomic mass is 79.9. The van der Waals surface area contributed by atoms with Gasteiger partial charge in [-0.1, -0.05) is 29.3 Å². The number of rotatable bonds is 4. The van der Waals surface area contributed by atoms with E-state index in [0.717, 1.165) is 34.3 Å². The Balaban J connectivity index is 2.21. The van der Waals surface area contributed by atoms with Crippen LogP contribution in [-0.2, 0) is 6.42 Å². The number of carbonyl (C=O) groups is 1. The number of nitrogens with one attached hydrogen (secondary N) is 1. The van der Waals surface area contributed by atoms with Crippen molar-refractivity contribution in [2.45, 2.75) is 26.7 Å². The first kappa shape index (κ1) is 15.5. The van der Waals surface area contributed by atoms with Crippen LogP contribution >= 0.6 is 15.9 Å². The molecular weight excluding hydrogens is 330 g/mol. The van der Waals surface area contributed by atoms with Gasteiger partial charge in [0.05, 0.1) is 0 Å². The molecule has 3 N–H and O–H groups in total. The lowest BCUT2D eigenvalue weighted by molar-refractivity contribution is 0.102. The molecule has 2 aromatic rings. The van der Waals surface area contributed by atoms with Crippen LogP contribution in [-0.4, -0.2) is 10.9 Å². The highest BCUT2D eigenvalue weighted by Crippen LogP contribution is 2.21. The van der Waals surface area contributed by atoms with Crippen molar-refractivity contribution >= 4 is 33.3 Å². The van der Waals surface area contributed by atoms with Crippen LogP contribution in [0.1, 0.15) is 35.0 Å². The van der Waals surface area contributed by atoms with Crippen LogP contribution in [0.15, 0.2) is 34.8 Å². The summed E-state index contributed by atoms with van der Waals surface area (Å²) >= 11 is 3.44.